The molecule has 0 unspecified atom stereocenters. The lowest BCUT2D eigenvalue weighted by Crippen LogP contribution is -2.39. The van der Waals surface area contributed by atoms with Gasteiger partial charge in [-0.1, -0.05) is 48.9 Å². The number of carbonyl (C=O) groups excluding carboxylic acids is 1. The van der Waals surface area contributed by atoms with E-state index in [0.29, 0.717) is 30.3 Å². The largest absolute Gasteiger partial charge is 0.492 e. The third kappa shape index (κ3) is 5.17. The number of benzene rings is 3. The normalized spacial score (nSPS) is 11.8. The molecule has 3 aromatic carbocycles. The number of hydrogen-bond acceptors (Lipinski definition) is 3. The molecule has 0 saturated carbocycles. The summed E-state index contributed by atoms with van der Waals surface area (Å²) in [6.07, 6.45) is 0.0141. The van der Waals surface area contributed by atoms with Crippen molar-refractivity contribution in [2.45, 2.75) is 26.4 Å². The lowest BCUT2D eigenvalue weighted by atomic mass is 10.1. The predicted octanol–water partition coefficient (Wildman–Crippen LogP) is 5.15. The van der Waals surface area contributed by atoms with Crippen LogP contribution in [0.4, 0.5) is 0 Å². The van der Waals surface area contributed by atoms with E-state index in [0.717, 1.165) is 16.7 Å². The molecule has 1 N–H and O–H groups in total. The summed E-state index contributed by atoms with van der Waals surface area (Å²) in [5, 5.41) is 5.85. The Balaban J connectivity index is 1.48. The van der Waals surface area contributed by atoms with E-state index >= 15 is 0 Å². The van der Waals surface area contributed by atoms with Crippen LogP contribution in [0.25, 0.3) is 10.8 Å². The van der Waals surface area contributed by atoms with Gasteiger partial charge in [0.1, 0.15) is 18.1 Å². The number of ether oxygens (including phenoxy) is 2. The van der Waals surface area contributed by atoms with Crippen molar-refractivity contribution in [3.8, 4) is 11.5 Å². The smallest absolute Gasteiger partial charge is 0.261 e. The zero-order valence-corrected chi connectivity index (χ0v) is 16.8. The first-order valence-electron chi connectivity index (χ1n) is 9.39. The fourth-order valence-electron chi connectivity index (χ4n) is 2.89. The minimum absolute atomic E-state index is 0.155. The number of hydrogen-bond donors (Lipinski definition) is 1. The van der Waals surface area contributed by atoms with E-state index in [-0.39, 0.29) is 5.91 Å². The van der Waals surface area contributed by atoms with Crippen LogP contribution in [0.1, 0.15) is 18.9 Å². The molecule has 0 spiro atoms. The lowest BCUT2D eigenvalue weighted by Gasteiger charge is -2.18. The topological polar surface area (TPSA) is 47.6 Å². The highest BCUT2D eigenvalue weighted by Crippen LogP contribution is 2.22. The molecular weight excluding hydrogens is 374 g/mol. The molecule has 0 radical (unpaired) electrons. The number of fused-ring (bicyclic) bond motifs is 1. The van der Waals surface area contributed by atoms with Crippen molar-refractivity contribution in [3.05, 3.63) is 71.2 Å². The second kappa shape index (κ2) is 9.47. The maximum Gasteiger partial charge on any atom is 0.261 e. The first kappa shape index (κ1) is 20.0. The number of rotatable bonds is 8. The van der Waals surface area contributed by atoms with Gasteiger partial charge >= 0.3 is 0 Å². The number of carbonyl (C=O) groups is 1. The van der Waals surface area contributed by atoms with Gasteiger partial charge in [-0.2, -0.15) is 0 Å². The highest BCUT2D eigenvalue weighted by molar-refractivity contribution is 6.31. The standard InChI is InChI=1S/C23H24ClNO3/c1-3-22(28-20-10-11-21(24)16(2)14-20)23(26)25-12-13-27-19-9-8-17-6-4-5-7-18(17)15-19/h4-11,14-15,22H,3,12-13H2,1-2H3,(H,25,26)/t22-/m1/s1. The quantitative estimate of drug-likeness (QED) is 0.534. The molecule has 3 aromatic rings. The number of amides is 1. The van der Waals surface area contributed by atoms with E-state index in [2.05, 4.69) is 11.4 Å². The molecule has 1 amide bonds. The van der Waals surface area contributed by atoms with Crippen molar-refractivity contribution in [1.29, 1.82) is 0 Å². The van der Waals surface area contributed by atoms with Crippen molar-refractivity contribution in [3.63, 3.8) is 0 Å². The Morgan fingerprint density at radius 1 is 1.04 bits per heavy atom. The zero-order valence-electron chi connectivity index (χ0n) is 16.1. The molecule has 3 rings (SSSR count). The molecule has 0 heterocycles. The number of aryl methyl sites for hydroxylation is 1. The van der Waals surface area contributed by atoms with Crippen LogP contribution in [-0.2, 0) is 4.79 Å². The van der Waals surface area contributed by atoms with Crippen LogP contribution in [0.5, 0.6) is 11.5 Å². The van der Waals surface area contributed by atoms with Gasteiger partial charge in [-0.25, -0.2) is 0 Å². The number of nitrogens with one attached hydrogen (secondary N) is 1. The SMILES string of the molecule is CC[C@@H](Oc1ccc(Cl)c(C)c1)C(=O)NCCOc1ccc2ccccc2c1. The average Bonchev–Trinajstić information content (AvgIpc) is 2.71. The monoisotopic (exact) mass is 397 g/mol. The lowest BCUT2D eigenvalue weighted by molar-refractivity contribution is -0.128. The van der Waals surface area contributed by atoms with Crippen molar-refractivity contribution in [2.75, 3.05) is 13.2 Å². The molecule has 0 aromatic heterocycles. The van der Waals surface area contributed by atoms with Crippen molar-refractivity contribution in [2.24, 2.45) is 0 Å². The highest BCUT2D eigenvalue weighted by Gasteiger charge is 2.18. The summed E-state index contributed by atoms with van der Waals surface area (Å²) in [6.45, 7) is 4.62. The second-order valence-electron chi connectivity index (χ2n) is 6.57. The summed E-state index contributed by atoms with van der Waals surface area (Å²) >= 11 is 6.03. The van der Waals surface area contributed by atoms with E-state index in [1.54, 1.807) is 12.1 Å². The third-order valence-corrected chi connectivity index (χ3v) is 4.89. The van der Waals surface area contributed by atoms with Crippen molar-refractivity contribution >= 4 is 28.3 Å². The fourth-order valence-corrected chi connectivity index (χ4v) is 3.01. The molecule has 28 heavy (non-hydrogen) atoms. The van der Waals surface area contributed by atoms with E-state index in [1.807, 2.05) is 56.3 Å². The summed E-state index contributed by atoms with van der Waals surface area (Å²) in [5.41, 5.74) is 0.915. The van der Waals surface area contributed by atoms with E-state index in [1.165, 1.54) is 5.39 Å². The zero-order chi connectivity index (χ0) is 19.9. The van der Waals surface area contributed by atoms with Gasteiger partial charge in [-0.05, 0) is 60.0 Å². The van der Waals surface area contributed by atoms with Gasteiger partial charge in [-0.15, -0.1) is 0 Å². The maximum absolute atomic E-state index is 12.4. The van der Waals surface area contributed by atoms with E-state index < -0.39 is 6.10 Å². The van der Waals surface area contributed by atoms with Crippen LogP contribution in [0.2, 0.25) is 5.02 Å². The molecule has 5 heteroatoms. The first-order valence-corrected chi connectivity index (χ1v) is 9.76. The molecule has 4 nitrogen and oxygen atoms in total. The Morgan fingerprint density at radius 3 is 2.54 bits per heavy atom. The summed E-state index contributed by atoms with van der Waals surface area (Å²) in [4.78, 5) is 12.4. The number of halogens is 1. The maximum atomic E-state index is 12.4. The van der Waals surface area contributed by atoms with Crippen LogP contribution < -0.4 is 14.8 Å². The fraction of sp³-hybridized carbons (Fsp3) is 0.261. The van der Waals surface area contributed by atoms with Gasteiger partial charge in [0, 0.05) is 5.02 Å². The van der Waals surface area contributed by atoms with Crippen molar-refractivity contribution in [1.82, 2.24) is 5.32 Å². The Morgan fingerprint density at radius 2 is 1.79 bits per heavy atom. The molecule has 0 fully saturated rings. The third-order valence-electron chi connectivity index (χ3n) is 4.46. The highest BCUT2D eigenvalue weighted by atomic mass is 35.5. The summed E-state index contributed by atoms with van der Waals surface area (Å²) < 4.78 is 11.6. The van der Waals surface area contributed by atoms with Gasteiger partial charge < -0.3 is 14.8 Å². The average molecular weight is 398 g/mol. The Bertz CT molecular complexity index is 957. The van der Waals surface area contributed by atoms with Gasteiger partial charge in [0.15, 0.2) is 6.10 Å². The minimum Gasteiger partial charge on any atom is -0.492 e. The molecule has 0 aliphatic carbocycles. The second-order valence-corrected chi connectivity index (χ2v) is 6.98. The van der Waals surface area contributed by atoms with Crippen LogP contribution in [0, 0.1) is 6.92 Å². The molecule has 0 aliphatic rings. The first-order chi connectivity index (χ1) is 13.6. The minimum atomic E-state index is -0.554. The summed E-state index contributed by atoms with van der Waals surface area (Å²) in [7, 11) is 0. The predicted molar refractivity (Wildman–Crippen MR) is 113 cm³/mol. The molecule has 0 saturated heterocycles. The molecule has 1 atom stereocenters. The molecule has 146 valence electrons. The van der Waals surface area contributed by atoms with Gasteiger partial charge in [-0.3, -0.25) is 4.79 Å². The van der Waals surface area contributed by atoms with E-state index in [9.17, 15) is 4.79 Å². The van der Waals surface area contributed by atoms with Crippen LogP contribution in [0.15, 0.2) is 60.7 Å². The molecule has 0 aliphatic heterocycles. The molecule has 0 bridgehead atoms. The van der Waals surface area contributed by atoms with Gasteiger partial charge in [0.2, 0.25) is 0 Å². The van der Waals surface area contributed by atoms with Gasteiger partial charge in [0.05, 0.1) is 6.54 Å². The van der Waals surface area contributed by atoms with Crippen molar-refractivity contribution < 1.29 is 14.3 Å². The Hall–Kier alpha value is -2.72. The van der Waals surface area contributed by atoms with Crippen LogP contribution in [0.3, 0.4) is 0 Å². The summed E-state index contributed by atoms with van der Waals surface area (Å²) in [5.74, 6) is 1.27. The van der Waals surface area contributed by atoms with Crippen LogP contribution in [-0.4, -0.2) is 25.2 Å². The summed E-state index contributed by atoms with van der Waals surface area (Å²) in [6, 6.07) is 19.5. The van der Waals surface area contributed by atoms with E-state index in [4.69, 9.17) is 21.1 Å². The Kier molecular flexibility index (Phi) is 6.77. The Labute approximate surface area is 170 Å². The van der Waals surface area contributed by atoms with Gasteiger partial charge in [0.25, 0.3) is 5.91 Å². The molecular formula is C23H24ClNO3. The van der Waals surface area contributed by atoms with Crippen LogP contribution >= 0.6 is 11.6 Å².